The van der Waals surface area contributed by atoms with Gasteiger partial charge in [0.25, 0.3) is 0 Å². The fraction of sp³-hybridized carbons (Fsp3) is 0.600. The quantitative estimate of drug-likeness (QED) is 0.493. The first kappa shape index (κ1) is 18.3. The minimum absolute atomic E-state index is 0.216. The SMILES string of the molecule is CC(C)(OC(=O)C=CC(=O)O)C(C(F)(F)F)C(F)(F)F. The van der Waals surface area contributed by atoms with Crippen molar-refractivity contribution in [3.05, 3.63) is 12.2 Å². The number of ether oxygens (including phenoxy) is 1. The Morgan fingerprint density at radius 2 is 1.40 bits per heavy atom. The molecule has 0 fully saturated rings. The van der Waals surface area contributed by atoms with E-state index in [-0.39, 0.29) is 12.2 Å². The molecule has 0 aromatic heterocycles. The van der Waals surface area contributed by atoms with E-state index in [0.717, 1.165) is 0 Å². The van der Waals surface area contributed by atoms with E-state index in [2.05, 4.69) is 4.74 Å². The highest BCUT2D eigenvalue weighted by Gasteiger charge is 2.65. The van der Waals surface area contributed by atoms with Gasteiger partial charge in [-0.25, -0.2) is 9.59 Å². The Balaban J connectivity index is 5.27. The van der Waals surface area contributed by atoms with Crippen LogP contribution >= 0.6 is 0 Å². The van der Waals surface area contributed by atoms with Crippen molar-refractivity contribution in [3.63, 3.8) is 0 Å². The minimum atomic E-state index is -5.68. The van der Waals surface area contributed by atoms with Crippen LogP contribution in [-0.4, -0.2) is 35.0 Å². The molecule has 0 aliphatic heterocycles. The van der Waals surface area contributed by atoms with Crippen molar-refractivity contribution in [2.75, 3.05) is 0 Å². The van der Waals surface area contributed by atoms with Gasteiger partial charge in [-0.2, -0.15) is 26.3 Å². The highest BCUT2D eigenvalue weighted by Crippen LogP contribution is 2.46. The van der Waals surface area contributed by atoms with Crippen molar-refractivity contribution < 1.29 is 45.8 Å². The van der Waals surface area contributed by atoms with Crippen LogP contribution in [-0.2, 0) is 14.3 Å². The number of rotatable bonds is 4. The second-order valence-corrected chi connectivity index (χ2v) is 4.21. The van der Waals surface area contributed by atoms with Gasteiger partial charge >= 0.3 is 24.3 Å². The number of hydrogen-bond donors (Lipinski definition) is 1. The van der Waals surface area contributed by atoms with Crippen molar-refractivity contribution >= 4 is 11.9 Å². The lowest BCUT2D eigenvalue weighted by molar-refractivity contribution is -0.322. The van der Waals surface area contributed by atoms with Gasteiger partial charge < -0.3 is 9.84 Å². The molecule has 0 aliphatic carbocycles. The van der Waals surface area contributed by atoms with Gasteiger partial charge in [0.2, 0.25) is 0 Å². The van der Waals surface area contributed by atoms with Gasteiger partial charge in [0.1, 0.15) is 5.60 Å². The number of carboxylic acid groups (broad SMARTS) is 1. The van der Waals surface area contributed by atoms with Crippen molar-refractivity contribution in [2.24, 2.45) is 5.92 Å². The average molecular weight is 308 g/mol. The Kier molecular flexibility index (Phi) is 5.22. The summed E-state index contributed by atoms with van der Waals surface area (Å²) in [5, 5.41) is 8.17. The van der Waals surface area contributed by atoms with E-state index in [4.69, 9.17) is 5.11 Å². The molecule has 0 amide bonds. The molecule has 0 spiro atoms. The molecule has 0 saturated heterocycles. The third-order valence-electron chi connectivity index (χ3n) is 2.08. The summed E-state index contributed by atoms with van der Waals surface area (Å²) in [6.07, 6.45) is -10.9. The van der Waals surface area contributed by atoms with E-state index in [9.17, 15) is 35.9 Å². The molecule has 0 unspecified atom stereocenters. The van der Waals surface area contributed by atoms with Gasteiger partial charge in [-0.05, 0) is 13.8 Å². The molecule has 20 heavy (non-hydrogen) atoms. The van der Waals surface area contributed by atoms with E-state index >= 15 is 0 Å². The molecular weight excluding hydrogens is 298 g/mol. The van der Waals surface area contributed by atoms with Crippen molar-refractivity contribution in [3.8, 4) is 0 Å². The molecule has 0 aliphatic rings. The molecule has 0 aromatic rings. The molecule has 116 valence electrons. The summed E-state index contributed by atoms with van der Waals surface area (Å²) in [6, 6.07) is 0. The predicted octanol–water partition coefficient (Wildman–Crippen LogP) is 2.69. The van der Waals surface area contributed by atoms with Crippen LogP contribution < -0.4 is 0 Å². The number of aliphatic carboxylic acids is 1. The molecular formula is C10H10F6O4. The molecule has 10 heteroatoms. The van der Waals surface area contributed by atoms with Gasteiger partial charge in [-0.15, -0.1) is 0 Å². The van der Waals surface area contributed by atoms with Crippen LogP contribution in [0.15, 0.2) is 12.2 Å². The number of carbonyl (C=O) groups is 2. The van der Waals surface area contributed by atoms with Gasteiger partial charge in [0.05, 0.1) is 0 Å². The number of hydrogen-bond acceptors (Lipinski definition) is 3. The second kappa shape index (κ2) is 5.71. The summed E-state index contributed by atoms with van der Waals surface area (Å²) in [4.78, 5) is 21.1. The first-order valence-electron chi connectivity index (χ1n) is 4.95. The third kappa shape index (κ3) is 5.49. The fourth-order valence-electron chi connectivity index (χ4n) is 1.47. The maximum absolute atomic E-state index is 12.5. The van der Waals surface area contributed by atoms with E-state index in [0.29, 0.717) is 13.8 Å². The van der Waals surface area contributed by atoms with Crippen molar-refractivity contribution in [2.45, 2.75) is 31.8 Å². The summed E-state index contributed by atoms with van der Waals surface area (Å²) in [7, 11) is 0. The van der Waals surface area contributed by atoms with Gasteiger partial charge in [0.15, 0.2) is 5.92 Å². The molecule has 1 N–H and O–H groups in total. The third-order valence-corrected chi connectivity index (χ3v) is 2.08. The smallest absolute Gasteiger partial charge is 0.404 e. The lowest BCUT2D eigenvalue weighted by Gasteiger charge is -2.35. The van der Waals surface area contributed by atoms with E-state index in [1.54, 1.807) is 0 Å². The standard InChI is InChI=1S/C10H10F6O4/c1-8(2,20-6(19)4-3-5(17)18)7(9(11,12)13)10(14,15)16/h3-4,7H,1-2H3,(H,17,18). The van der Waals surface area contributed by atoms with Crippen LogP contribution in [0.4, 0.5) is 26.3 Å². The predicted molar refractivity (Wildman–Crippen MR) is 52.5 cm³/mol. The summed E-state index contributed by atoms with van der Waals surface area (Å²) < 4.78 is 78.8. The van der Waals surface area contributed by atoms with Crippen LogP contribution in [0.25, 0.3) is 0 Å². The minimum Gasteiger partial charge on any atom is -0.478 e. The first-order chi connectivity index (χ1) is 8.68. The Morgan fingerprint density at radius 3 is 1.70 bits per heavy atom. The van der Waals surface area contributed by atoms with E-state index in [1.165, 1.54) is 0 Å². The highest BCUT2D eigenvalue weighted by atomic mass is 19.4. The maximum Gasteiger partial charge on any atom is 0.404 e. The second-order valence-electron chi connectivity index (χ2n) is 4.21. The molecule has 0 rings (SSSR count). The zero-order valence-corrected chi connectivity index (χ0v) is 10.2. The number of halogens is 6. The number of carboxylic acids is 1. The molecule has 0 saturated carbocycles. The van der Waals surface area contributed by atoms with Crippen LogP contribution in [0.3, 0.4) is 0 Å². The van der Waals surface area contributed by atoms with Crippen molar-refractivity contribution in [1.29, 1.82) is 0 Å². The van der Waals surface area contributed by atoms with E-state index in [1.807, 2.05) is 0 Å². The summed E-state index contributed by atoms with van der Waals surface area (Å²) in [5.41, 5.74) is -2.95. The Hall–Kier alpha value is -1.74. The molecule has 0 radical (unpaired) electrons. The molecule has 0 bridgehead atoms. The topological polar surface area (TPSA) is 63.6 Å². The van der Waals surface area contributed by atoms with Gasteiger partial charge in [0, 0.05) is 12.2 Å². The lowest BCUT2D eigenvalue weighted by Crippen LogP contribution is -2.52. The average Bonchev–Trinajstić information content (AvgIpc) is 2.07. The van der Waals surface area contributed by atoms with Gasteiger partial charge in [-0.3, -0.25) is 0 Å². The molecule has 0 aromatic carbocycles. The zero-order valence-electron chi connectivity index (χ0n) is 10.2. The summed E-state index contributed by atoms with van der Waals surface area (Å²) in [6.45, 7) is 0.871. The maximum atomic E-state index is 12.5. The first-order valence-corrected chi connectivity index (χ1v) is 4.95. The molecule has 0 heterocycles. The zero-order chi connectivity index (χ0) is 16.4. The number of esters is 1. The molecule has 0 atom stereocenters. The molecule has 4 nitrogen and oxygen atoms in total. The van der Waals surface area contributed by atoms with Crippen LogP contribution in [0.1, 0.15) is 13.8 Å². The monoisotopic (exact) mass is 308 g/mol. The van der Waals surface area contributed by atoms with E-state index < -0.39 is 35.8 Å². The van der Waals surface area contributed by atoms with Gasteiger partial charge in [-0.1, -0.05) is 0 Å². The Labute approximate surface area is 109 Å². The van der Waals surface area contributed by atoms with Crippen LogP contribution in [0.5, 0.6) is 0 Å². The number of alkyl halides is 6. The fourth-order valence-corrected chi connectivity index (χ4v) is 1.47. The van der Waals surface area contributed by atoms with Crippen molar-refractivity contribution in [1.82, 2.24) is 0 Å². The Morgan fingerprint density at radius 1 is 1.00 bits per heavy atom. The number of carbonyl (C=O) groups excluding carboxylic acids is 1. The Bertz CT molecular complexity index is 393. The summed E-state index contributed by atoms with van der Waals surface area (Å²) >= 11 is 0. The normalized spacial score (nSPS) is 13.8. The van der Waals surface area contributed by atoms with Crippen LogP contribution in [0.2, 0.25) is 0 Å². The van der Waals surface area contributed by atoms with Crippen LogP contribution in [0, 0.1) is 5.92 Å². The highest BCUT2D eigenvalue weighted by molar-refractivity contribution is 5.90. The summed E-state index contributed by atoms with van der Waals surface area (Å²) in [5.74, 6) is -7.14. The largest absolute Gasteiger partial charge is 0.478 e. The lowest BCUT2D eigenvalue weighted by atomic mass is 9.89.